The smallest absolute Gasteiger partial charge is 0.123 e. The van der Waals surface area contributed by atoms with Crippen LogP contribution in [-0.2, 0) is 11.3 Å². The second-order valence-corrected chi connectivity index (χ2v) is 3.19. The molecule has 0 spiro atoms. The molecule has 1 N–H and O–H groups in total. The summed E-state index contributed by atoms with van der Waals surface area (Å²) >= 11 is 0. The van der Waals surface area contributed by atoms with E-state index in [-0.39, 0.29) is 5.82 Å². The van der Waals surface area contributed by atoms with E-state index in [2.05, 4.69) is 11.9 Å². The molecule has 0 aromatic heterocycles. The Bertz CT molecular complexity index is 349. The summed E-state index contributed by atoms with van der Waals surface area (Å²) in [6.45, 7) is 6.87. The van der Waals surface area contributed by atoms with Crippen LogP contribution in [0.2, 0.25) is 0 Å². The maximum absolute atomic E-state index is 13.0. The van der Waals surface area contributed by atoms with Crippen molar-refractivity contribution in [2.75, 3.05) is 13.7 Å². The van der Waals surface area contributed by atoms with Gasteiger partial charge in [0, 0.05) is 12.1 Å². The molecule has 0 aliphatic carbocycles. The molecule has 82 valence electrons. The molecule has 0 saturated carbocycles. The topological polar surface area (TPSA) is 21.3 Å². The number of rotatable bonds is 5. The Morgan fingerprint density at radius 2 is 2.27 bits per heavy atom. The van der Waals surface area contributed by atoms with Crippen LogP contribution in [-0.4, -0.2) is 13.7 Å². The second-order valence-electron chi connectivity index (χ2n) is 3.19. The van der Waals surface area contributed by atoms with E-state index >= 15 is 0 Å². The normalized spacial score (nSPS) is 10.1. The molecule has 0 amide bonds. The standard InChI is InChI=1S/C12H16FNO/c1-4-15-9(2)12-6-5-11(13)7-10(12)8-14-3/h5-7,14H,2,4,8H2,1,3H3. The number of hydrogen-bond acceptors (Lipinski definition) is 2. The lowest BCUT2D eigenvalue weighted by molar-refractivity contribution is 0.298. The van der Waals surface area contributed by atoms with Gasteiger partial charge in [0.1, 0.15) is 11.6 Å². The van der Waals surface area contributed by atoms with Gasteiger partial charge in [0.25, 0.3) is 0 Å². The highest BCUT2D eigenvalue weighted by molar-refractivity contribution is 5.61. The summed E-state index contributed by atoms with van der Waals surface area (Å²) in [6, 6.07) is 4.61. The predicted octanol–water partition coefficient (Wildman–Crippen LogP) is 2.55. The highest BCUT2D eigenvalue weighted by Crippen LogP contribution is 2.20. The number of ether oxygens (including phenoxy) is 1. The molecule has 0 aliphatic heterocycles. The Morgan fingerprint density at radius 3 is 2.87 bits per heavy atom. The maximum atomic E-state index is 13.0. The monoisotopic (exact) mass is 209 g/mol. The second kappa shape index (κ2) is 5.51. The number of nitrogens with one attached hydrogen (secondary N) is 1. The summed E-state index contributed by atoms with van der Waals surface area (Å²) in [4.78, 5) is 0. The minimum atomic E-state index is -0.242. The maximum Gasteiger partial charge on any atom is 0.123 e. The molecule has 0 aliphatic rings. The largest absolute Gasteiger partial charge is 0.494 e. The van der Waals surface area contributed by atoms with E-state index in [0.717, 1.165) is 11.1 Å². The summed E-state index contributed by atoms with van der Waals surface area (Å²) in [5.41, 5.74) is 1.71. The summed E-state index contributed by atoms with van der Waals surface area (Å²) in [7, 11) is 1.82. The van der Waals surface area contributed by atoms with E-state index < -0.39 is 0 Å². The zero-order valence-electron chi connectivity index (χ0n) is 9.14. The van der Waals surface area contributed by atoms with Crippen molar-refractivity contribution < 1.29 is 9.13 Å². The Hall–Kier alpha value is -1.35. The molecule has 0 fully saturated rings. The van der Waals surface area contributed by atoms with Crippen molar-refractivity contribution in [1.29, 1.82) is 0 Å². The van der Waals surface area contributed by atoms with Crippen molar-refractivity contribution in [2.24, 2.45) is 0 Å². The van der Waals surface area contributed by atoms with Crippen molar-refractivity contribution in [3.8, 4) is 0 Å². The van der Waals surface area contributed by atoms with Crippen molar-refractivity contribution >= 4 is 5.76 Å². The lowest BCUT2D eigenvalue weighted by Gasteiger charge is -2.12. The first-order valence-electron chi connectivity index (χ1n) is 4.94. The highest BCUT2D eigenvalue weighted by atomic mass is 19.1. The third kappa shape index (κ3) is 3.06. The zero-order valence-corrected chi connectivity index (χ0v) is 9.14. The third-order valence-electron chi connectivity index (χ3n) is 2.05. The summed E-state index contributed by atoms with van der Waals surface area (Å²) in [5, 5.41) is 2.99. The first-order valence-corrected chi connectivity index (χ1v) is 4.94. The van der Waals surface area contributed by atoms with E-state index in [4.69, 9.17) is 4.74 Å². The van der Waals surface area contributed by atoms with E-state index in [1.54, 1.807) is 6.07 Å². The number of halogens is 1. The van der Waals surface area contributed by atoms with Gasteiger partial charge in [0.15, 0.2) is 0 Å². The van der Waals surface area contributed by atoms with Gasteiger partial charge in [0.2, 0.25) is 0 Å². The summed E-state index contributed by atoms with van der Waals surface area (Å²) < 4.78 is 18.3. The van der Waals surface area contributed by atoms with Gasteiger partial charge < -0.3 is 10.1 Å². The van der Waals surface area contributed by atoms with Crippen LogP contribution in [0.15, 0.2) is 24.8 Å². The lowest BCUT2D eigenvalue weighted by atomic mass is 10.1. The molecule has 0 unspecified atom stereocenters. The van der Waals surface area contributed by atoms with Crippen molar-refractivity contribution in [2.45, 2.75) is 13.5 Å². The molecule has 3 heteroatoms. The molecular weight excluding hydrogens is 193 g/mol. The average molecular weight is 209 g/mol. The van der Waals surface area contributed by atoms with Crippen molar-refractivity contribution in [3.63, 3.8) is 0 Å². The molecule has 0 radical (unpaired) electrons. The molecule has 2 nitrogen and oxygen atoms in total. The third-order valence-corrected chi connectivity index (χ3v) is 2.05. The molecule has 15 heavy (non-hydrogen) atoms. The van der Waals surface area contributed by atoms with Crippen LogP contribution >= 0.6 is 0 Å². The average Bonchev–Trinajstić information content (AvgIpc) is 2.18. The van der Waals surface area contributed by atoms with Crippen LogP contribution < -0.4 is 5.32 Å². The molecule has 1 aromatic carbocycles. The zero-order chi connectivity index (χ0) is 11.3. The molecule has 1 rings (SSSR count). The van der Waals surface area contributed by atoms with Crippen LogP contribution in [0.3, 0.4) is 0 Å². The van der Waals surface area contributed by atoms with E-state index in [0.29, 0.717) is 18.9 Å². The van der Waals surface area contributed by atoms with Crippen LogP contribution in [0.4, 0.5) is 4.39 Å². The Morgan fingerprint density at radius 1 is 1.53 bits per heavy atom. The molecule has 0 saturated heterocycles. The quantitative estimate of drug-likeness (QED) is 0.752. The van der Waals surface area contributed by atoms with Gasteiger partial charge in [-0.15, -0.1) is 0 Å². The van der Waals surface area contributed by atoms with E-state index in [1.807, 2.05) is 14.0 Å². The first kappa shape index (κ1) is 11.7. The Labute approximate surface area is 89.8 Å². The van der Waals surface area contributed by atoms with Crippen LogP contribution in [0.1, 0.15) is 18.1 Å². The van der Waals surface area contributed by atoms with Gasteiger partial charge in [-0.2, -0.15) is 0 Å². The van der Waals surface area contributed by atoms with Gasteiger partial charge in [0.05, 0.1) is 6.61 Å². The van der Waals surface area contributed by atoms with E-state index in [9.17, 15) is 4.39 Å². The van der Waals surface area contributed by atoms with Crippen LogP contribution in [0.25, 0.3) is 5.76 Å². The SMILES string of the molecule is C=C(OCC)c1ccc(F)cc1CNC. The number of hydrogen-bond donors (Lipinski definition) is 1. The van der Waals surface area contributed by atoms with Crippen LogP contribution in [0.5, 0.6) is 0 Å². The van der Waals surface area contributed by atoms with Crippen LogP contribution in [0, 0.1) is 5.82 Å². The predicted molar refractivity (Wildman–Crippen MR) is 59.8 cm³/mol. The Balaban J connectivity index is 2.99. The van der Waals surface area contributed by atoms with Gasteiger partial charge in [-0.1, -0.05) is 6.58 Å². The van der Waals surface area contributed by atoms with Crippen molar-refractivity contribution in [3.05, 3.63) is 41.7 Å². The fourth-order valence-electron chi connectivity index (χ4n) is 1.42. The fraction of sp³-hybridized carbons (Fsp3) is 0.333. The summed E-state index contributed by atoms with van der Waals surface area (Å²) in [6.07, 6.45) is 0. The van der Waals surface area contributed by atoms with Gasteiger partial charge in [-0.05, 0) is 37.7 Å². The van der Waals surface area contributed by atoms with Gasteiger partial charge >= 0.3 is 0 Å². The van der Waals surface area contributed by atoms with E-state index in [1.165, 1.54) is 12.1 Å². The van der Waals surface area contributed by atoms with Gasteiger partial charge in [-0.3, -0.25) is 0 Å². The van der Waals surface area contributed by atoms with Gasteiger partial charge in [-0.25, -0.2) is 4.39 Å². The first-order chi connectivity index (χ1) is 7.19. The highest BCUT2D eigenvalue weighted by Gasteiger charge is 2.07. The molecule has 0 atom stereocenters. The molecule has 0 bridgehead atoms. The summed E-state index contributed by atoms with van der Waals surface area (Å²) in [5.74, 6) is 0.344. The molecular formula is C12H16FNO. The van der Waals surface area contributed by atoms with Crippen molar-refractivity contribution in [1.82, 2.24) is 5.32 Å². The minimum absolute atomic E-state index is 0.242. The lowest BCUT2D eigenvalue weighted by Crippen LogP contribution is -2.08. The molecule has 0 heterocycles. The Kier molecular flexibility index (Phi) is 4.31. The molecule has 1 aromatic rings. The minimum Gasteiger partial charge on any atom is -0.494 e. The number of benzene rings is 1. The fourth-order valence-corrected chi connectivity index (χ4v) is 1.42.